The first-order valence-electron chi connectivity index (χ1n) is 32.6. The van der Waals surface area contributed by atoms with E-state index in [0.717, 1.165) is 121 Å². The van der Waals surface area contributed by atoms with Crippen molar-refractivity contribution < 1.29 is 41.2 Å². The maximum absolute atomic E-state index is 6.41. The van der Waals surface area contributed by atoms with Gasteiger partial charge in [0.15, 0.2) is 0 Å². The molecule has 14 aromatic rings. The van der Waals surface area contributed by atoms with Crippen LogP contribution in [0.4, 0.5) is 0 Å². The molecule has 9 nitrogen and oxygen atoms in total. The van der Waals surface area contributed by atoms with Crippen LogP contribution in [0, 0.1) is 0 Å². The zero-order valence-electron chi connectivity index (χ0n) is 55.4. The van der Waals surface area contributed by atoms with Gasteiger partial charge in [-0.1, -0.05) is 176 Å². The Kier molecular flexibility index (Phi) is 14.9. The number of para-hydroxylation sites is 2. The normalized spacial score (nSPS) is 17.6. The number of furan rings is 3. The van der Waals surface area contributed by atoms with Crippen LogP contribution >= 0.6 is 0 Å². The van der Waals surface area contributed by atoms with Crippen molar-refractivity contribution in [2.24, 2.45) is 0 Å². The molecule has 6 heterocycles. The molecule has 3 aromatic heterocycles. The lowest BCUT2D eigenvalue weighted by Crippen LogP contribution is -2.41. The van der Waals surface area contributed by atoms with E-state index in [1.807, 2.05) is 42.5 Å². The van der Waals surface area contributed by atoms with Gasteiger partial charge in [0.25, 0.3) is 0 Å². The molecule has 3 fully saturated rings. The summed E-state index contributed by atoms with van der Waals surface area (Å²) < 4.78 is 55.8. The summed E-state index contributed by atoms with van der Waals surface area (Å²) in [4.78, 5) is 0. The molecule has 0 spiro atoms. The van der Waals surface area contributed by atoms with Gasteiger partial charge in [-0.2, -0.15) is 0 Å². The van der Waals surface area contributed by atoms with Crippen LogP contribution in [0.5, 0.6) is 0 Å². The smallest absolute Gasteiger partial charge is 0.456 e. The monoisotopic (exact) mass is 1240 g/mol. The average molecular weight is 1240 g/mol. The van der Waals surface area contributed by atoms with Gasteiger partial charge in [-0.05, 0) is 215 Å². The minimum atomic E-state index is -0.425. The maximum atomic E-state index is 6.41. The summed E-state index contributed by atoms with van der Waals surface area (Å²) in [6.07, 6.45) is 0. The molecule has 0 radical (unpaired) electrons. The van der Waals surface area contributed by atoms with Crippen molar-refractivity contribution in [3.63, 3.8) is 0 Å². The van der Waals surface area contributed by atoms with Crippen molar-refractivity contribution >= 4 is 114 Å². The first-order chi connectivity index (χ1) is 45.0. The van der Waals surface area contributed by atoms with Gasteiger partial charge in [-0.25, -0.2) is 0 Å². The number of benzene rings is 11. The molecule has 3 aliphatic rings. The summed E-state index contributed by atoms with van der Waals surface area (Å²) in [6, 6.07) is 82.2. The molecule has 0 aliphatic carbocycles. The third kappa shape index (κ3) is 11.0. The Hall–Kier alpha value is -8.97. The van der Waals surface area contributed by atoms with Crippen LogP contribution in [-0.2, 0) is 27.9 Å². The molecule has 3 saturated heterocycles. The van der Waals surface area contributed by atoms with Gasteiger partial charge < -0.3 is 41.2 Å². The number of fused-ring (bicyclic) bond motifs is 11. The highest BCUT2D eigenvalue weighted by atomic mass is 16.7. The van der Waals surface area contributed by atoms with E-state index >= 15 is 0 Å². The van der Waals surface area contributed by atoms with Crippen molar-refractivity contribution in [1.82, 2.24) is 0 Å². The molecule has 11 aromatic carbocycles. The van der Waals surface area contributed by atoms with E-state index in [1.54, 1.807) is 0 Å². The van der Waals surface area contributed by atoms with Gasteiger partial charge in [0.05, 0.1) is 33.6 Å². The van der Waals surface area contributed by atoms with E-state index in [4.69, 9.17) is 41.2 Å². The van der Waals surface area contributed by atoms with Crippen LogP contribution in [0.15, 0.2) is 250 Å². The van der Waals surface area contributed by atoms with Crippen LogP contribution in [0.25, 0.3) is 121 Å². The molecule has 0 bridgehead atoms. The number of hydrogen-bond acceptors (Lipinski definition) is 9. The van der Waals surface area contributed by atoms with E-state index < -0.39 is 18.3 Å². The van der Waals surface area contributed by atoms with Crippen LogP contribution in [0.1, 0.15) is 83.1 Å². The Morgan fingerprint density at radius 3 is 1.12 bits per heavy atom. The Labute approximate surface area is 550 Å². The Morgan fingerprint density at radius 1 is 0.213 bits per heavy atom. The Bertz CT molecular complexity index is 5160. The fourth-order valence-corrected chi connectivity index (χ4v) is 12.9. The van der Waals surface area contributed by atoms with Crippen LogP contribution in [-0.4, -0.2) is 55.0 Å². The summed E-state index contributed by atoms with van der Waals surface area (Å²) in [5.41, 5.74) is 15.6. The second kappa shape index (κ2) is 22.9. The highest BCUT2D eigenvalue weighted by molar-refractivity contribution is 6.63. The lowest BCUT2D eigenvalue weighted by molar-refractivity contribution is 0.00578. The average Bonchev–Trinajstić information content (AvgIpc) is 1.61. The quantitative estimate of drug-likeness (QED) is 0.145. The Balaban J connectivity index is 0.000000117. The first kappa shape index (κ1) is 61.2. The molecule has 466 valence electrons. The molecule has 0 amide bonds. The molecule has 94 heavy (non-hydrogen) atoms. The van der Waals surface area contributed by atoms with Crippen molar-refractivity contribution in [3.8, 4) is 44.5 Å². The fourth-order valence-electron chi connectivity index (χ4n) is 12.9. The topological polar surface area (TPSA) is 94.8 Å². The van der Waals surface area contributed by atoms with Gasteiger partial charge in [0, 0.05) is 32.3 Å². The van der Waals surface area contributed by atoms with Crippen LogP contribution in [0.3, 0.4) is 0 Å². The van der Waals surface area contributed by atoms with E-state index in [-0.39, 0.29) is 36.6 Å². The summed E-state index contributed by atoms with van der Waals surface area (Å²) in [7, 11) is -1.13. The molecule has 0 atom stereocenters. The van der Waals surface area contributed by atoms with Crippen molar-refractivity contribution in [1.29, 1.82) is 0 Å². The molecule has 0 N–H and O–H groups in total. The van der Waals surface area contributed by atoms with E-state index in [0.29, 0.717) is 0 Å². The molecule has 17 rings (SSSR count). The van der Waals surface area contributed by atoms with Crippen molar-refractivity contribution in [2.75, 3.05) is 0 Å². The number of rotatable bonds is 7. The van der Waals surface area contributed by atoms with Crippen molar-refractivity contribution in [3.05, 3.63) is 237 Å². The standard InChI is InChI=1S/C30H27BO3.C28H25BO3.C24H23BO3/c1-29(2)30(3,4)34-31(33-29)24-17-22(20-10-6-5-7-11-20)16-23(18-24)21-14-15-28-26(19-21)25-12-8-9-13-27(25)32-28;1-27(2)28(3,4)32-29(31-27)21-13-9-18(10-14-21)20-12-15-24-23(17-20)26-22-8-6-5-7-19(22)11-16-25(26)30-24;1-23(2)24(3,4)28-25(27-23)18-9-7-8-16(14-18)17-12-13-22-20(15-17)19-10-5-6-11-21(19)26-22/h5-19H,1-4H3;5-17H,1-4H3;5-15H,1-4H3. The highest BCUT2D eigenvalue weighted by Gasteiger charge is 2.54. The largest absolute Gasteiger partial charge is 0.494 e. The summed E-state index contributed by atoms with van der Waals surface area (Å²) in [5, 5.41) is 9.28. The van der Waals surface area contributed by atoms with Crippen LogP contribution in [0.2, 0.25) is 0 Å². The predicted octanol–water partition coefficient (Wildman–Crippen LogP) is 19.5. The second-order valence-corrected chi connectivity index (χ2v) is 28.3. The zero-order chi connectivity index (χ0) is 65.1. The van der Waals surface area contributed by atoms with E-state index in [1.165, 1.54) is 16.2 Å². The van der Waals surface area contributed by atoms with Gasteiger partial charge in [-0.15, -0.1) is 0 Å². The van der Waals surface area contributed by atoms with Gasteiger partial charge >= 0.3 is 21.4 Å². The van der Waals surface area contributed by atoms with Gasteiger partial charge in [-0.3, -0.25) is 0 Å². The number of hydrogen-bond donors (Lipinski definition) is 0. The predicted molar refractivity (Wildman–Crippen MR) is 388 cm³/mol. The van der Waals surface area contributed by atoms with Crippen molar-refractivity contribution in [2.45, 2.75) is 117 Å². The van der Waals surface area contributed by atoms with Gasteiger partial charge in [0.1, 0.15) is 33.5 Å². The second-order valence-electron chi connectivity index (χ2n) is 28.3. The minimum Gasteiger partial charge on any atom is -0.456 e. The molecule has 0 unspecified atom stereocenters. The summed E-state index contributed by atoms with van der Waals surface area (Å²) >= 11 is 0. The lowest BCUT2D eigenvalue weighted by atomic mass is 9.76. The molecule has 0 saturated carbocycles. The molecular weight excluding hydrogens is 1160 g/mol. The lowest BCUT2D eigenvalue weighted by Gasteiger charge is -2.32. The first-order valence-corrected chi connectivity index (χ1v) is 32.6. The van der Waals surface area contributed by atoms with Gasteiger partial charge in [0.2, 0.25) is 0 Å². The third-order valence-corrected chi connectivity index (χ3v) is 20.5. The minimum absolute atomic E-state index is 0.341. The summed E-state index contributed by atoms with van der Waals surface area (Å²) in [5.74, 6) is 0. The zero-order valence-corrected chi connectivity index (χ0v) is 55.4. The highest BCUT2D eigenvalue weighted by Crippen LogP contribution is 2.42. The Morgan fingerprint density at radius 2 is 0.564 bits per heavy atom. The summed E-state index contributed by atoms with van der Waals surface area (Å²) in [6.45, 7) is 25.0. The SMILES string of the molecule is CC1(C)OB(c2cc(-c3ccccc3)cc(-c3ccc4oc5ccccc5c4c3)c2)OC1(C)C.CC1(C)OB(c2ccc(-c3ccc4oc5ccc6ccccc6c5c4c3)cc2)OC1(C)C.CC1(C)OB(c2cccc(-c3ccc4oc5ccccc5c4c3)c2)OC1(C)C. The molecule has 12 heteroatoms. The molecular formula is C82H75B3O9. The third-order valence-electron chi connectivity index (χ3n) is 20.5. The molecule has 3 aliphatic heterocycles. The fraction of sp³-hybridized carbons (Fsp3) is 0.220. The van der Waals surface area contributed by atoms with E-state index in [2.05, 4.69) is 277 Å². The van der Waals surface area contributed by atoms with E-state index in [9.17, 15) is 0 Å². The van der Waals surface area contributed by atoms with Crippen LogP contribution < -0.4 is 16.4 Å². The maximum Gasteiger partial charge on any atom is 0.494 e.